The minimum absolute atomic E-state index is 0.0291. The lowest BCUT2D eigenvalue weighted by atomic mass is 10.0. The van der Waals surface area contributed by atoms with Crippen molar-refractivity contribution < 1.29 is 42.1 Å². The summed E-state index contributed by atoms with van der Waals surface area (Å²) < 4.78 is 34.4. The van der Waals surface area contributed by atoms with E-state index in [0.717, 1.165) is 51.4 Å². The van der Waals surface area contributed by atoms with Crippen LogP contribution < -0.4 is 4.89 Å². The predicted octanol–water partition coefficient (Wildman–Crippen LogP) is 24.4. The number of esters is 2. The van der Waals surface area contributed by atoms with Gasteiger partial charge in [-0.15, -0.1) is 0 Å². The third-order valence-corrected chi connectivity index (χ3v) is 18.4. The number of likely N-dealkylation sites (N-methyl/N-ethyl adjacent to an activating group) is 1. The second-order valence-electron chi connectivity index (χ2n) is 27.4. The van der Waals surface area contributed by atoms with E-state index in [2.05, 4.69) is 50.3 Å². The number of ether oxygens (including phenoxy) is 2. The largest absolute Gasteiger partial charge is 0.756 e. The van der Waals surface area contributed by atoms with Crippen LogP contribution in [0.15, 0.2) is 36.5 Å². The molecule has 0 spiro atoms. The highest BCUT2D eigenvalue weighted by molar-refractivity contribution is 7.45. The monoisotopic (exact) mass is 1250 g/mol. The van der Waals surface area contributed by atoms with Gasteiger partial charge in [0.25, 0.3) is 7.82 Å². The minimum Gasteiger partial charge on any atom is -0.756 e. The molecular formula is C77H148NO8P. The third-order valence-electron chi connectivity index (χ3n) is 17.4. The topological polar surface area (TPSA) is 111 Å². The van der Waals surface area contributed by atoms with Crippen LogP contribution in [0.3, 0.4) is 0 Å². The van der Waals surface area contributed by atoms with Crippen molar-refractivity contribution >= 4 is 19.8 Å². The standard InChI is InChI=1S/C77H148NO8P/c1-6-8-10-12-14-16-18-20-22-24-26-28-30-32-34-35-36-37-38-39-40-41-42-44-45-47-49-51-53-55-57-59-61-63-65-67-69-76(79)83-73-75(74-85-87(81,82)84-72-71-78(3,4)5)86-77(80)70-68-66-64-62-60-58-56-54-52-50-48-46-43-33-31-29-27-25-23-21-19-17-15-13-11-9-7-2/h19,21,25,27,31,33,75H,6-18,20,22-24,26,28-30,32,34-74H2,1-5H3/b21-19-,27-25-,33-31-. The fraction of sp³-hybridized carbons (Fsp3) is 0.896. The van der Waals surface area contributed by atoms with E-state index in [0.29, 0.717) is 17.4 Å². The second-order valence-corrected chi connectivity index (χ2v) is 28.8. The number of carbonyl (C=O) groups is 2. The molecule has 0 saturated heterocycles. The maximum Gasteiger partial charge on any atom is 0.306 e. The highest BCUT2D eigenvalue weighted by atomic mass is 31.2. The Morgan fingerprint density at radius 1 is 0.356 bits per heavy atom. The molecule has 0 aromatic heterocycles. The number of unbranched alkanes of at least 4 members (excludes halogenated alkanes) is 52. The van der Waals surface area contributed by atoms with Crippen molar-refractivity contribution in [1.29, 1.82) is 0 Å². The Balaban J connectivity index is 3.93. The Bertz CT molecular complexity index is 1560. The van der Waals surface area contributed by atoms with Gasteiger partial charge in [-0.3, -0.25) is 14.2 Å². The predicted molar refractivity (Wildman–Crippen MR) is 374 cm³/mol. The van der Waals surface area contributed by atoms with Crippen LogP contribution in [-0.4, -0.2) is 70.0 Å². The average Bonchev–Trinajstić information content (AvgIpc) is 3.68. The smallest absolute Gasteiger partial charge is 0.306 e. The number of rotatable bonds is 72. The first-order valence-corrected chi connectivity index (χ1v) is 39.7. The van der Waals surface area contributed by atoms with E-state index < -0.39 is 26.5 Å². The summed E-state index contributed by atoms with van der Waals surface area (Å²) in [6, 6.07) is 0. The van der Waals surface area contributed by atoms with Crippen LogP contribution in [0.5, 0.6) is 0 Å². The molecule has 0 radical (unpaired) electrons. The zero-order valence-electron chi connectivity index (χ0n) is 58.7. The highest BCUT2D eigenvalue weighted by Crippen LogP contribution is 2.38. The molecule has 0 aliphatic carbocycles. The number of carbonyl (C=O) groups excluding carboxylic acids is 2. The maximum atomic E-state index is 12.9. The van der Waals surface area contributed by atoms with Crippen LogP contribution in [0.4, 0.5) is 0 Å². The normalized spacial score (nSPS) is 13.2. The van der Waals surface area contributed by atoms with Crippen molar-refractivity contribution in [2.24, 2.45) is 0 Å². The van der Waals surface area contributed by atoms with Crippen molar-refractivity contribution in [3.05, 3.63) is 36.5 Å². The number of allylic oxidation sites excluding steroid dienone is 6. The molecule has 2 unspecified atom stereocenters. The van der Waals surface area contributed by atoms with Crippen molar-refractivity contribution in [3.8, 4) is 0 Å². The van der Waals surface area contributed by atoms with E-state index in [-0.39, 0.29) is 32.0 Å². The molecule has 0 rings (SSSR count). The highest BCUT2D eigenvalue weighted by Gasteiger charge is 2.22. The van der Waals surface area contributed by atoms with Gasteiger partial charge in [0.05, 0.1) is 27.7 Å². The van der Waals surface area contributed by atoms with Gasteiger partial charge in [0.15, 0.2) is 6.10 Å². The van der Waals surface area contributed by atoms with Gasteiger partial charge < -0.3 is 27.9 Å². The van der Waals surface area contributed by atoms with Gasteiger partial charge in [0.2, 0.25) is 0 Å². The van der Waals surface area contributed by atoms with Crippen LogP contribution in [0.25, 0.3) is 0 Å². The first-order chi connectivity index (χ1) is 42.5. The summed E-state index contributed by atoms with van der Waals surface area (Å²) >= 11 is 0. The zero-order chi connectivity index (χ0) is 63.4. The molecule has 0 aromatic rings. The fourth-order valence-corrected chi connectivity index (χ4v) is 12.3. The van der Waals surface area contributed by atoms with Gasteiger partial charge in [-0.1, -0.05) is 365 Å². The van der Waals surface area contributed by atoms with Crippen LogP contribution >= 0.6 is 7.82 Å². The molecular weight excluding hydrogens is 1100 g/mol. The van der Waals surface area contributed by atoms with E-state index >= 15 is 0 Å². The van der Waals surface area contributed by atoms with E-state index in [9.17, 15) is 19.0 Å². The molecule has 10 heteroatoms. The molecule has 0 aliphatic heterocycles. The quantitative estimate of drug-likeness (QED) is 0.0195. The molecule has 87 heavy (non-hydrogen) atoms. The summed E-state index contributed by atoms with van der Waals surface area (Å²) in [6.45, 7) is 4.30. The number of phosphoric ester groups is 1. The van der Waals surface area contributed by atoms with E-state index in [1.807, 2.05) is 21.1 Å². The van der Waals surface area contributed by atoms with Crippen LogP contribution in [0, 0.1) is 0 Å². The third kappa shape index (κ3) is 73.2. The van der Waals surface area contributed by atoms with Gasteiger partial charge in [-0.05, 0) is 51.4 Å². The lowest BCUT2D eigenvalue weighted by Gasteiger charge is -2.28. The summed E-state index contributed by atoms with van der Waals surface area (Å²) in [5, 5.41) is 0. The van der Waals surface area contributed by atoms with Crippen LogP contribution in [-0.2, 0) is 32.7 Å². The Morgan fingerprint density at radius 3 is 0.920 bits per heavy atom. The van der Waals surface area contributed by atoms with Gasteiger partial charge in [0.1, 0.15) is 19.8 Å². The van der Waals surface area contributed by atoms with E-state index in [1.54, 1.807) is 0 Å². The lowest BCUT2D eigenvalue weighted by molar-refractivity contribution is -0.870. The molecule has 514 valence electrons. The Labute approximate surface area is 541 Å². The zero-order valence-corrected chi connectivity index (χ0v) is 59.6. The molecule has 2 atom stereocenters. The Hall–Kier alpha value is -1.77. The first kappa shape index (κ1) is 85.2. The van der Waals surface area contributed by atoms with Crippen LogP contribution in [0.1, 0.15) is 393 Å². The maximum absolute atomic E-state index is 12.9. The summed E-state index contributed by atoms with van der Waals surface area (Å²) in [5.41, 5.74) is 0. The molecule has 0 fully saturated rings. The first-order valence-electron chi connectivity index (χ1n) is 38.2. The molecule has 0 aliphatic rings. The lowest BCUT2D eigenvalue weighted by Crippen LogP contribution is -2.37. The molecule has 0 bridgehead atoms. The van der Waals surface area contributed by atoms with E-state index in [4.69, 9.17) is 18.5 Å². The van der Waals surface area contributed by atoms with Gasteiger partial charge >= 0.3 is 11.9 Å². The second kappa shape index (κ2) is 68.6. The molecule has 0 heterocycles. The summed E-state index contributed by atoms with van der Waals surface area (Å²) in [6.07, 6.45) is 88.3. The Kier molecular flexibility index (Phi) is 67.2. The van der Waals surface area contributed by atoms with Gasteiger partial charge in [0, 0.05) is 12.8 Å². The molecule has 0 N–H and O–H groups in total. The number of quaternary nitrogens is 1. The van der Waals surface area contributed by atoms with Crippen molar-refractivity contribution in [2.45, 2.75) is 399 Å². The minimum atomic E-state index is -4.64. The molecule has 0 saturated carbocycles. The van der Waals surface area contributed by atoms with Gasteiger partial charge in [-0.25, -0.2) is 0 Å². The Morgan fingerprint density at radius 2 is 0.621 bits per heavy atom. The molecule has 0 amide bonds. The number of hydrogen-bond acceptors (Lipinski definition) is 8. The summed E-state index contributed by atoms with van der Waals surface area (Å²) in [4.78, 5) is 38.1. The SMILES string of the molecule is CCCCCCC/C=C\C/C=C\C/C=C\CCCCCCCCCCCCCCC(=O)OC(COC(=O)CCCCCCCCCCCCCCCCCCCCCCCCCCCCCCCCCCCCCC)COP(=O)([O-])OCC[N+](C)(C)C. The molecule has 0 aromatic carbocycles. The van der Waals surface area contributed by atoms with Crippen LogP contribution in [0.2, 0.25) is 0 Å². The number of nitrogens with zero attached hydrogens (tertiary/aromatic N) is 1. The van der Waals surface area contributed by atoms with Crippen molar-refractivity contribution in [2.75, 3.05) is 47.5 Å². The fourth-order valence-electron chi connectivity index (χ4n) is 11.6. The number of phosphoric acid groups is 1. The summed E-state index contributed by atoms with van der Waals surface area (Å²) in [7, 11) is 1.18. The summed E-state index contributed by atoms with van der Waals surface area (Å²) in [5.74, 6) is -0.814. The average molecular weight is 1250 g/mol. The van der Waals surface area contributed by atoms with Crippen molar-refractivity contribution in [3.63, 3.8) is 0 Å². The van der Waals surface area contributed by atoms with Crippen molar-refractivity contribution in [1.82, 2.24) is 0 Å². The molecule has 9 nitrogen and oxygen atoms in total. The number of hydrogen-bond donors (Lipinski definition) is 0. The van der Waals surface area contributed by atoms with Gasteiger partial charge in [-0.2, -0.15) is 0 Å². The van der Waals surface area contributed by atoms with E-state index in [1.165, 1.54) is 308 Å².